The van der Waals surface area contributed by atoms with Gasteiger partial charge in [0.2, 0.25) is 5.82 Å². The van der Waals surface area contributed by atoms with Gasteiger partial charge in [0, 0.05) is 12.3 Å². The van der Waals surface area contributed by atoms with E-state index in [1.54, 1.807) is 6.92 Å². The molecule has 0 amide bonds. The molecule has 0 aliphatic rings. The number of halogens is 2. The highest BCUT2D eigenvalue weighted by Crippen LogP contribution is 2.18. The predicted octanol–water partition coefficient (Wildman–Crippen LogP) is 2.41. The van der Waals surface area contributed by atoms with Crippen LogP contribution in [0.15, 0.2) is 33.7 Å². The lowest BCUT2D eigenvalue weighted by Crippen LogP contribution is -2.24. The van der Waals surface area contributed by atoms with Crippen LogP contribution >= 0.6 is 15.9 Å². The smallest absolute Gasteiger partial charge is 0.291 e. The van der Waals surface area contributed by atoms with E-state index in [4.69, 9.17) is 0 Å². The molecule has 0 spiro atoms. The standard InChI is InChI=1S/C12H9BrFN3O3/c1-7-15-5-9(13)12(18)16(7)6-8-2-3-11(17(19)20)10(14)4-8/h2-5H,6H2,1H3. The van der Waals surface area contributed by atoms with Crippen LogP contribution < -0.4 is 5.56 Å². The molecule has 1 aromatic carbocycles. The number of aromatic nitrogens is 2. The molecule has 20 heavy (non-hydrogen) atoms. The van der Waals surface area contributed by atoms with E-state index in [1.165, 1.54) is 16.8 Å². The van der Waals surface area contributed by atoms with Crippen LogP contribution in [-0.4, -0.2) is 14.5 Å². The van der Waals surface area contributed by atoms with E-state index in [-0.39, 0.29) is 12.1 Å². The summed E-state index contributed by atoms with van der Waals surface area (Å²) < 4.78 is 15.2. The van der Waals surface area contributed by atoms with E-state index in [0.29, 0.717) is 15.9 Å². The van der Waals surface area contributed by atoms with Crippen LogP contribution in [0.1, 0.15) is 11.4 Å². The number of nitro benzene ring substituents is 1. The molecule has 0 aliphatic carbocycles. The molecule has 6 nitrogen and oxygen atoms in total. The van der Waals surface area contributed by atoms with Crippen molar-refractivity contribution in [2.45, 2.75) is 13.5 Å². The summed E-state index contributed by atoms with van der Waals surface area (Å²) in [6, 6.07) is 3.54. The summed E-state index contributed by atoms with van der Waals surface area (Å²) in [6.45, 7) is 1.74. The molecule has 0 N–H and O–H groups in total. The quantitative estimate of drug-likeness (QED) is 0.634. The number of hydrogen-bond donors (Lipinski definition) is 0. The minimum absolute atomic E-state index is 0.0893. The van der Waals surface area contributed by atoms with Gasteiger partial charge in [-0.2, -0.15) is 4.39 Å². The Bertz CT molecular complexity index is 745. The average molecular weight is 342 g/mol. The van der Waals surface area contributed by atoms with Crippen LogP contribution in [0.2, 0.25) is 0 Å². The summed E-state index contributed by atoms with van der Waals surface area (Å²) in [7, 11) is 0. The zero-order valence-corrected chi connectivity index (χ0v) is 11.9. The van der Waals surface area contributed by atoms with Gasteiger partial charge in [-0.15, -0.1) is 0 Å². The Hall–Kier alpha value is -2.09. The number of rotatable bonds is 3. The normalized spacial score (nSPS) is 10.6. The van der Waals surface area contributed by atoms with Gasteiger partial charge in [-0.3, -0.25) is 19.5 Å². The van der Waals surface area contributed by atoms with Crippen molar-refractivity contribution in [3.63, 3.8) is 0 Å². The van der Waals surface area contributed by atoms with Crippen molar-refractivity contribution < 1.29 is 9.31 Å². The number of nitrogens with zero attached hydrogens (tertiary/aromatic N) is 3. The monoisotopic (exact) mass is 341 g/mol. The molecule has 0 saturated carbocycles. The second-order valence-electron chi connectivity index (χ2n) is 4.09. The second-order valence-corrected chi connectivity index (χ2v) is 4.94. The molecule has 0 bridgehead atoms. The van der Waals surface area contributed by atoms with Crippen molar-refractivity contribution in [3.05, 3.63) is 66.5 Å². The molecule has 0 unspecified atom stereocenters. The lowest BCUT2D eigenvalue weighted by molar-refractivity contribution is -0.387. The van der Waals surface area contributed by atoms with Crippen LogP contribution in [0.5, 0.6) is 0 Å². The topological polar surface area (TPSA) is 78.0 Å². The van der Waals surface area contributed by atoms with Crippen molar-refractivity contribution in [2.75, 3.05) is 0 Å². The first-order valence-corrected chi connectivity index (χ1v) is 6.34. The fraction of sp³-hybridized carbons (Fsp3) is 0.167. The molecule has 0 radical (unpaired) electrons. The second kappa shape index (κ2) is 5.49. The largest absolute Gasteiger partial charge is 0.304 e. The maximum Gasteiger partial charge on any atom is 0.304 e. The fourth-order valence-electron chi connectivity index (χ4n) is 1.72. The van der Waals surface area contributed by atoms with Crippen molar-refractivity contribution >= 4 is 21.6 Å². The summed E-state index contributed by atoms with van der Waals surface area (Å²) in [5.41, 5.74) is -0.445. The van der Waals surface area contributed by atoms with Gasteiger partial charge in [-0.25, -0.2) is 4.98 Å². The summed E-state index contributed by atoms with van der Waals surface area (Å²) >= 11 is 3.08. The zero-order chi connectivity index (χ0) is 14.9. The molecule has 0 fully saturated rings. The van der Waals surface area contributed by atoms with Crippen molar-refractivity contribution in [3.8, 4) is 0 Å². The minimum atomic E-state index is -0.929. The zero-order valence-electron chi connectivity index (χ0n) is 10.3. The minimum Gasteiger partial charge on any atom is -0.291 e. The van der Waals surface area contributed by atoms with E-state index in [1.807, 2.05) is 0 Å². The third kappa shape index (κ3) is 2.74. The number of nitro groups is 1. The molecular weight excluding hydrogens is 333 g/mol. The summed E-state index contributed by atoms with van der Waals surface area (Å²) in [5.74, 6) is -0.460. The molecule has 0 saturated heterocycles. The van der Waals surface area contributed by atoms with Gasteiger partial charge in [-0.1, -0.05) is 6.07 Å². The van der Waals surface area contributed by atoms with Crippen molar-refractivity contribution in [1.82, 2.24) is 9.55 Å². The number of aryl methyl sites for hydroxylation is 1. The molecule has 2 rings (SSSR count). The van der Waals surface area contributed by atoms with E-state index < -0.39 is 16.4 Å². The van der Waals surface area contributed by atoms with Gasteiger partial charge in [-0.05, 0) is 34.5 Å². The van der Waals surface area contributed by atoms with E-state index in [9.17, 15) is 19.3 Å². The summed E-state index contributed by atoms with van der Waals surface area (Å²) in [5, 5.41) is 10.5. The highest BCUT2D eigenvalue weighted by Gasteiger charge is 2.14. The third-order valence-electron chi connectivity index (χ3n) is 2.75. The number of hydrogen-bond acceptors (Lipinski definition) is 4. The average Bonchev–Trinajstić information content (AvgIpc) is 2.39. The van der Waals surface area contributed by atoms with Gasteiger partial charge < -0.3 is 0 Å². The molecule has 0 aliphatic heterocycles. The summed E-state index contributed by atoms with van der Waals surface area (Å²) in [4.78, 5) is 25.7. The maximum atomic E-state index is 13.5. The first kappa shape index (κ1) is 14.3. The molecule has 1 aromatic heterocycles. The van der Waals surface area contributed by atoms with E-state index in [0.717, 1.165) is 12.1 Å². The molecule has 104 valence electrons. The molecule has 2 aromatic rings. The molecule has 1 heterocycles. The van der Waals surface area contributed by atoms with Gasteiger partial charge in [0.15, 0.2) is 0 Å². The van der Waals surface area contributed by atoms with E-state index in [2.05, 4.69) is 20.9 Å². The highest BCUT2D eigenvalue weighted by atomic mass is 79.9. The van der Waals surface area contributed by atoms with Crippen LogP contribution in [0.4, 0.5) is 10.1 Å². The van der Waals surface area contributed by atoms with Gasteiger partial charge >= 0.3 is 5.69 Å². The Kier molecular flexibility index (Phi) is 3.93. The van der Waals surface area contributed by atoms with Gasteiger partial charge in [0.25, 0.3) is 5.56 Å². The third-order valence-corrected chi connectivity index (χ3v) is 3.30. The Labute approximate surface area is 121 Å². The summed E-state index contributed by atoms with van der Waals surface area (Å²) in [6.07, 6.45) is 1.39. The number of benzene rings is 1. The van der Waals surface area contributed by atoms with Crippen LogP contribution in [-0.2, 0) is 6.54 Å². The SMILES string of the molecule is Cc1ncc(Br)c(=O)n1Cc1ccc([N+](=O)[O-])c(F)c1. The molecule has 8 heteroatoms. The predicted molar refractivity (Wildman–Crippen MR) is 73.1 cm³/mol. The molecule has 0 atom stereocenters. The van der Waals surface area contributed by atoms with Gasteiger partial charge in [0.05, 0.1) is 11.5 Å². The van der Waals surface area contributed by atoms with Crippen LogP contribution in [0.3, 0.4) is 0 Å². The van der Waals surface area contributed by atoms with Crippen molar-refractivity contribution in [2.24, 2.45) is 0 Å². The lowest BCUT2D eigenvalue weighted by atomic mass is 10.2. The Balaban J connectivity index is 2.41. The van der Waals surface area contributed by atoms with Gasteiger partial charge in [0.1, 0.15) is 10.3 Å². The Morgan fingerprint density at radius 3 is 2.80 bits per heavy atom. The first-order valence-electron chi connectivity index (χ1n) is 5.55. The first-order chi connectivity index (χ1) is 9.40. The highest BCUT2D eigenvalue weighted by molar-refractivity contribution is 9.10. The lowest BCUT2D eigenvalue weighted by Gasteiger charge is -2.09. The molecular formula is C12H9BrFN3O3. The fourth-order valence-corrected chi connectivity index (χ4v) is 2.03. The van der Waals surface area contributed by atoms with Crippen molar-refractivity contribution in [1.29, 1.82) is 0 Å². The Morgan fingerprint density at radius 1 is 1.50 bits per heavy atom. The van der Waals surface area contributed by atoms with Crippen LogP contribution in [0, 0.1) is 22.9 Å². The maximum absolute atomic E-state index is 13.5. The van der Waals surface area contributed by atoms with Crippen LogP contribution in [0.25, 0.3) is 0 Å². The van der Waals surface area contributed by atoms with E-state index >= 15 is 0 Å². The Morgan fingerprint density at radius 2 is 2.20 bits per heavy atom.